The van der Waals surface area contributed by atoms with E-state index in [1.54, 1.807) is 0 Å². The van der Waals surface area contributed by atoms with Gasteiger partial charge in [-0.25, -0.2) is 0 Å². The summed E-state index contributed by atoms with van der Waals surface area (Å²) in [4.78, 5) is 0. The Hall–Kier alpha value is -0.0400. The summed E-state index contributed by atoms with van der Waals surface area (Å²) >= 11 is 0. The monoisotopic (exact) mass is 156 g/mol. The molecule has 0 aromatic carbocycles. The molecule has 0 unspecified atom stereocenters. The van der Waals surface area contributed by atoms with E-state index >= 15 is 0 Å². The molecule has 0 amide bonds. The summed E-state index contributed by atoms with van der Waals surface area (Å²) in [7, 11) is 0. The molecule has 0 radical (unpaired) electrons. The number of rotatable bonds is 1. The van der Waals surface area contributed by atoms with Crippen molar-refractivity contribution >= 4 is 0 Å². The van der Waals surface area contributed by atoms with Crippen LogP contribution >= 0.6 is 0 Å². The second-order valence-electron chi connectivity index (χ2n) is 0.724. The van der Waals surface area contributed by atoms with E-state index < -0.39 is 0 Å². The standard InChI is InChI=1S/C3H8O.6CH4/c1-2-3-4;;;;;;/h4H,2-3H2,1H3;6*1H4. The number of aliphatic hydroxyl groups excluding tert-OH is 1. The zero-order valence-electron chi connectivity index (χ0n) is 2.86. The van der Waals surface area contributed by atoms with Crippen molar-refractivity contribution in [2.24, 2.45) is 0 Å². The van der Waals surface area contributed by atoms with Crippen LogP contribution in [0.1, 0.15) is 57.9 Å². The molecule has 0 aliphatic carbocycles. The second-order valence-corrected chi connectivity index (χ2v) is 0.724. The molecule has 74 valence electrons. The van der Waals surface area contributed by atoms with Crippen molar-refractivity contribution in [3.05, 3.63) is 0 Å². The Bertz CT molecular complexity index is 6.69. The van der Waals surface area contributed by atoms with E-state index in [-0.39, 0.29) is 44.6 Å². The molecule has 0 aliphatic rings. The van der Waals surface area contributed by atoms with Crippen LogP contribution < -0.4 is 0 Å². The topological polar surface area (TPSA) is 20.2 Å². The highest BCUT2D eigenvalue weighted by atomic mass is 16.2. The fraction of sp³-hybridized carbons (Fsp3) is 1.00. The zero-order valence-corrected chi connectivity index (χ0v) is 2.86. The van der Waals surface area contributed by atoms with Crippen LogP contribution in [-0.4, -0.2) is 11.7 Å². The summed E-state index contributed by atoms with van der Waals surface area (Å²) in [6.45, 7) is 2.25. The van der Waals surface area contributed by atoms with Gasteiger partial charge in [-0.15, -0.1) is 0 Å². The van der Waals surface area contributed by atoms with E-state index in [1.165, 1.54) is 0 Å². The van der Waals surface area contributed by atoms with Gasteiger partial charge in [0.1, 0.15) is 0 Å². The van der Waals surface area contributed by atoms with Crippen LogP contribution in [0.4, 0.5) is 0 Å². The molecule has 0 rings (SSSR count). The van der Waals surface area contributed by atoms with Crippen LogP contribution in [0.3, 0.4) is 0 Å². The molecule has 1 N–H and O–H groups in total. The smallest absolute Gasteiger partial charge is 0.0428 e. The molecule has 0 aromatic heterocycles. The lowest BCUT2D eigenvalue weighted by molar-refractivity contribution is 0.295. The largest absolute Gasteiger partial charge is 0.396 e. The Morgan fingerprint density at radius 2 is 0.900 bits per heavy atom. The maximum Gasteiger partial charge on any atom is 0.0428 e. The van der Waals surface area contributed by atoms with Gasteiger partial charge in [0.2, 0.25) is 0 Å². The Morgan fingerprint density at radius 3 is 0.900 bits per heavy atom. The Kier molecular flexibility index (Phi) is 1350. The van der Waals surface area contributed by atoms with E-state index in [2.05, 4.69) is 0 Å². The average molecular weight is 156 g/mol. The summed E-state index contributed by atoms with van der Waals surface area (Å²) in [6.07, 6.45) is 0.875. The summed E-state index contributed by atoms with van der Waals surface area (Å²) in [6, 6.07) is 0. The van der Waals surface area contributed by atoms with Gasteiger partial charge in [0.15, 0.2) is 0 Å². The molecule has 0 saturated heterocycles. The number of aliphatic hydroxyl groups is 1. The Labute approximate surface area is 70.5 Å². The molecule has 0 heterocycles. The first-order valence-electron chi connectivity index (χ1n) is 1.52. The molecule has 0 fully saturated rings. The van der Waals surface area contributed by atoms with Crippen molar-refractivity contribution in [1.82, 2.24) is 0 Å². The van der Waals surface area contributed by atoms with Gasteiger partial charge in [-0.05, 0) is 6.42 Å². The molecular weight excluding hydrogens is 124 g/mol. The van der Waals surface area contributed by atoms with Crippen LogP contribution in [0.25, 0.3) is 0 Å². The minimum Gasteiger partial charge on any atom is -0.396 e. The van der Waals surface area contributed by atoms with Crippen LogP contribution in [0.5, 0.6) is 0 Å². The maximum atomic E-state index is 7.88. The molecule has 0 atom stereocenters. The van der Waals surface area contributed by atoms with Crippen molar-refractivity contribution < 1.29 is 5.11 Å². The second kappa shape index (κ2) is 148. The van der Waals surface area contributed by atoms with Crippen LogP contribution in [0.15, 0.2) is 0 Å². The summed E-state index contributed by atoms with van der Waals surface area (Å²) in [5.41, 5.74) is 0. The fourth-order valence-corrected chi connectivity index (χ4v) is 0. The lowest BCUT2D eigenvalue weighted by Crippen LogP contribution is -1.69. The first-order chi connectivity index (χ1) is 1.91. The zero-order chi connectivity index (χ0) is 3.41. The van der Waals surface area contributed by atoms with Crippen molar-refractivity contribution in [2.45, 2.75) is 57.9 Å². The van der Waals surface area contributed by atoms with E-state index in [0.717, 1.165) is 6.42 Å². The fourth-order valence-electron chi connectivity index (χ4n) is 0. The van der Waals surface area contributed by atoms with Crippen molar-refractivity contribution in [2.75, 3.05) is 6.61 Å². The van der Waals surface area contributed by atoms with Gasteiger partial charge in [0, 0.05) is 6.61 Å². The molecule has 0 aromatic rings. The van der Waals surface area contributed by atoms with E-state index in [9.17, 15) is 0 Å². The normalized spacial score (nSPS) is 3.00. The molecule has 0 saturated carbocycles. The quantitative estimate of drug-likeness (QED) is 0.603. The number of hydrogen-bond donors (Lipinski definition) is 1. The highest BCUT2D eigenvalue weighted by Crippen LogP contribution is 1.61. The predicted molar refractivity (Wildman–Crippen MR) is 57.8 cm³/mol. The molecule has 1 heteroatoms. The first kappa shape index (κ1) is 91.3. The molecule has 0 spiro atoms. The Balaban J connectivity index is -0.00000000300. The third kappa shape index (κ3) is 418. The van der Waals surface area contributed by atoms with Gasteiger partial charge in [0.25, 0.3) is 0 Å². The van der Waals surface area contributed by atoms with Gasteiger partial charge in [0.05, 0.1) is 0 Å². The van der Waals surface area contributed by atoms with Gasteiger partial charge in [-0.1, -0.05) is 51.5 Å². The number of hydrogen-bond acceptors (Lipinski definition) is 1. The van der Waals surface area contributed by atoms with Crippen molar-refractivity contribution in [3.63, 3.8) is 0 Å². The lowest BCUT2D eigenvalue weighted by Gasteiger charge is -1.69. The molecule has 1 nitrogen and oxygen atoms in total. The molecule has 10 heavy (non-hydrogen) atoms. The van der Waals surface area contributed by atoms with Gasteiger partial charge >= 0.3 is 0 Å². The first-order valence-corrected chi connectivity index (χ1v) is 1.52. The molecule has 0 bridgehead atoms. The van der Waals surface area contributed by atoms with Crippen LogP contribution in [-0.2, 0) is 0 Å². The van der Waals surface area contributed by atoms with Gasteiger partial charge in [-0.2, -0.15) is 0 Å². The van der Waals surface area contributed by atoms with E-state index in [1.807, 2.05) is 6.92 Å². The Morgan fingerprint density at radius 1 is 0.800 bits per heavy atom. The molecular formula is C9H32O. The minimum absolute atomic E-state index is 0. The highest BCUT2D eigenvalue weighted by Gasteiger charge is 1.57. The summed E-state index contributed by atoms with van der Waals surface area (Å²) in [5.74, 6) is 0. The van der Waals surface area contributed by atoms with Crippen molar-refractivity contribution in [3.8, 4) is 0 Å². The van der Waals surface area contributed by atoms with Crippen LogP contribution in [0, 0.1) is 0 Å². The lowest BCUT2D eigenvalue weighted by atomic mass is 10.5. The minimum atomic E-state index is 0. The predicted octanol–water partition coefficient (Wildman–Crippen LogP) is 4.21. The molecule has 0 aliphatic heterocycles. The third-order valence-electron chi connectivity index (χ3n) is 0.224. The third-order valence-corrected chi connectivity index (χ3v) is 0.224. The van der Waals surface area contributed by atoms with E-state index in [0.29, 0.717) is 6.61 Å². The van der Waals surface area contributed by atoms with E-state index in [4.69, 9.17) is 5.11 Å². The van der Waals surface area contributed by atoms with Crippen molar-refractivity contribution in [1.29, 1.82) is 0 Å². The SMILES string of the molecule is C.C.C.C.C.C.CCCO. The van der Waals surface area contributed by atoms with Gasteiger partial charge < -0.3 is 5.11 Å². The summed E-state index contributed by atoms with van der Waals surface area (Å²) < 4.78 is 0. The van der Waals surface area contributed by atoms with Gasteiger partial charge in [-0.3, -0.25) is 0 Å². The highest BCUT2D eigenvalue weighted by molar-refractivity contribution is 4.10. The maximum absolute atomic E-state index is 7.88. The average Bonchev–Trinajstić information content (AvgIpc) is 1.37. The van der Waals surface area contributed by atoms with Crippen LogP contribution in [0.2, 0.25) is 0 Å². The summed E-state index contributed by atoms with van der Waals surface area (Å²) in [5, 5.41) is 7.88.